The van der Waals surface area contributed by atoms with Crippen molar-refractivity contribution in [3.63, 3.8) is 0 Å². The average Bonchev–Trinajstić information content (AvgIpc) is 2.71. The lowest BCUT2D eigenvalue weighted by Crippen LogP contribution is -2.09. The molecule has 94 valence electrons. The van der Waals surface area contributed by atoms with Crippen LogP contribution in [0.15, 0.2) is 28.9 Å². The van der Waals surface area contributed by atoms with Crippen molar-refractivity contribution in [3.8, 4) is 0 Å². The summed E-state index contributed by atoms with van der Waals surface area (Å²) in [6, 6.07) is 5.52. The van der Waals surface area contributed by atoms with Gasteiger partial charge < -0.3 is 0 Å². The molecule has 0 fully saturated rings. The molecule has 0 saturated carbocycles. The second-order valence-electron chi connectivity index (χ2n) is 4.07. The molecule has 0 aliphatic carbocycles. The summed E-state index contributed by atoms with van der Waals surface area (Å²) < 4.78 is 2.63. The van der Waals surface area contributed by atoms with E-state index in [1.54, 1.807) is 16.9 Å². The number of hydrogen-bond acceptors (Lipinski definition) is 3. The second-order valence-corrected chi connectivity index (χ2v) is 4.98. The van der Waals surface area contributed by atoms with Crippen LogP contribution in [-0.4, -0.2) is 20.5 Å². The maximum absolute atomic E-state index is 12.1. The molecule has 2 aromatic heterocycles. The van der Waals surface area contributed by atoms with E-state index >= 15 is 0 Å². The molecule has 2 heterocycles. The molecule has 0 aromatic carbocycles. The van der Waals surface area contributed by atoms with Gasteiger partial charge in [0.1, 0.15) is 5.69 Å². The molecule has 0 N–H and O–H groups in total. The van der Waals surface area contributed by atoms with Crippen LogP contribution in [0.5, 0.6) is 0 Å². The maximum Gasteiger partial charge on any atom is 0.187 e. The third-order valence-corrected chi connectivity index (χ3v) is 3.21. The van der Waals surface area contributed by atoms with Crippen molar-refractivity contribution < 1.29 is 4.79 Å². The summed E-state index contributed by atoms with van der Waals surface area (Å²) in [5, 5.41) is 4.33. The van der Waals surface area contributed by atoms with Crippen LogP contribution in [0, 0.1) is 0 Å². The Morgan fingerprint density at radius 1 is 1.44 bits per heavy atom. The summed E-state index contributed by atoms with van der Waals surface area (Å²) in [4.78, 5) is 16.2. The highest BCUT2D eigenvalue weighted by atomic mass is 79.9. The van der Waals surface area contributed by atoms with Gasteiger partial charge >= 0.3 is 0 Å². The number of ketones is 1. The van der Waals surface area contributed by atoms with Gasteiger partial charge in [-0.15, -0.1) is 0 Å². The Hall–Kier alpha value is -1.49. The zero-order valence-corrected chi connectivity index (χ0v) is 11.9. The van der Waals surface area contributed by atoms with Crippen molar-refractivity contribution in [1.29, 1.82) is 0 Å². The molecule has 4 nitrogen and oxygen atoms in total. The predicted molar refractivity (Wildman–Crippen MR) is 72.6 cm³/mol. The van der Waals surface area contributed by atoms with E-state index < -0.39 is 0 Å². The number of aryl methyl sites for hydroxylation is 2. The number of aromatic nitrogens is 3. The molecular formula is C13H14BrN3O. The van der Waals surface area contributed by atoms with E-state index in [1.807, 2.05) is 26.1 Å². The molecule has 0 bridgehead atoms. The summed E-state index contributed by atoms with van der Waals surface area (Å²) in [5.74, 6) is 0.00755. The van der Waals surface area contributed by atoms with Crippen molar-refractivity contribution in [2.45, 2.75) is 19.8 Å². The Morgan fingerprint density at radius 2 is 2.22 bits per heavy atom. The Bertz CT molecular complexity index is 560. The highest BCUT2D eigenvalue weighted by Crippen LogP contribution is 2.11. The van der Waals surface area contributed by atoms with E-state index in [4.69, 9.17) is 0 Å². The third kappa shape index (κ3) is 2.85. The number of hydrogen-bond donors (Lipinski definition) is 0. The fraction of sp³-hybridized carbons (Fsp3) is 0.308. The maximum atomic E-state index is 12.1. The molecule has 2 rings (SSSR count). The SMILES string of the molecule is CCc1cc(CC(=O)c2ccc(Br)cn2)n(C)n1. The van der Waals surface area contributed by atoms with E-state index in [9.17, 15) is 4.79 Å². The van der Waals surface area contributed by atoms with Gasteiger partial charge in [-0.3, -0.25) is 14.5 Å². The lowest BCUT2D eigenvalue weighted by Gasteiger charge is -2.01. The van der Waals surface area contributed by atoms with Crippen LogP contribution < -0.4 is 0 Å². The van der Waals surface area contributed by atoms with Crippen molar-refractivity contribution in [1.82, 2.24) is 14.8 Å². The van der Waals surface area contributed by atoms with Gasteiger partial charge in [-0.05, 0) is 40.5 Å². The summed E-state index contributed by atoms with van der Waals surface area (Å²) >= 11 is 3.30. The Balaban J connectivity index is 2.15. The molecule has 0 saturated heterocycles. The van der Waals surface area contributed by atoms with Gasteiger partial charge in [-0.2, -0.15) is 5.10 Å². The van der Waals surface area contributed by atoms with Crippen molar-refractivity contribution in [2.24, 2.45) is 7.05 Å². The minimum Gasteiger partial charge on any atom is -0.292 e. The van der Waals surface area contributed by atoms with Crippen molar-refractivity contribution in [2.75, 3.05) is 0 Å². The molecule has 0 aliphatic heterocycles. The Kier molecular flexibility index (Phi) is 3.91. The molecule has 0 amide bonds. The number of rotatable bonds is 4. The average molecular weight is 308 g/mol. The van der Waals surface area contributed by atoms with Crippen LogP contribution in [0.3, 0.4) is 0 Å². The van der Waals surface area contributed by atoms with Crippen LogP contribution >= 0.6 is 15.9 Å². The first-order valence-electron chi connectivity index (χ1n) is 5.76. The number of carbonyl (C=O) groups excluding carboxylic acids is 1. The number of carbonyl (C=O) groups is 1. The molecule has 0 aliphatic rings. The fourth-order valence-electron chi connectivity index (χ4n) is 1.71. The Labute approximate surface area is 114 Å². The monoisotopic (exact) mass is 307 g/mol. The molecule has 0 spiro atoms. The van der Waals surface area contributed by atoms with Crippen LogP contribution in [0.2, 0.25) is 0 Å². The summed E-state index contributed by atoms with van der Waals surface area (Å²) in [6.45, 7) is 2.05. The first-order valence-corrected chi connectivity index (χ1v) is 6.56. The van der Waals surface area contributed by atoms with Gasteiger partial charge in [0.05, 0.1) is 12.1 Å². The molecule has 18 heavy (non-hydrogen) atoms. The highest BCUT2D eigenvalue weighted by Gasteiger charge is 2.12. The summed E-state index contributed by atoms with van der Waals surface area (Å²) in [7, 11) is 1.86. The number of pyridine rings is 1. The van der Waals surface area contributed by atoms with E-state index in [0.717, 1.165) is 22.3 Å². The minimum atomic E-state index is 0.00755. The summed E-state index contributed by atoms with van der Waals surface area (Å²) in [6.07, 6.45) is 2.84. The number of Topliss-reactive ketones (excluding diaryl/α,β-unsaturated/α-hetero) is 1. The quantitative estimate of drug-likeness (QED) is 0.816. The summed E-state index contributed by atoms with van der Waals surface area (Å²) in [5.41, 5.74) is 2.41. The van der Waals surface area contributed by atoms with Crippen molar-refractivity contribution >= 4 is 21.7 Å². The van der Waals surface area contributed by atoms with E-state index in [-0.39, 0.29) is 5.78 Å². The molecule has 0 atom stereocenters. The van der Waals surface area contributed by atoms with Crippen LogP contribution in [-0.2, 0) is 19.9 Å². The topological polar surface area (TPSA) is 47.8 Å². The van der Waals surface area contributed by atoms with Gasteiger partial charge in [-0.25, -0.2) is 0 Å². The number of nitrogens with zero attached hydrogens (tertiary/aromatic N) is 3. The standard InChI is InChI=1S/C13H14BrN3O/c1-3-10-6-11(17(2)16-10)7-13(18)12-5-4-9(14)8-15-12/h4-6,8H,3,7H2,1-2H3. The van der Waals surface area contributed by atoms with Gasteiger partial charge in [0, 0.05) is 23.4 Å². The minimum absolute atomic E-state index is 0.00755. The molecule has 0 unspecified atom stereocenters. The van der Waals surface area contributed by atoms with Gasteiger partial charge in [-0.1, -0.05) is 6.92 Å². The Morgan fingerprint density at radius 3 is 2.78 bits per heavy atom. The van der Waals surface area contributed by atoms with Gasteiger partial charge in [0.15, 0.2) is 5.78 Å². The number of halogens is 1. The van der Waals surface area contributed by atoms with Crippen LogP contribution in [0.4, 0.5) is 0 Å². The smallest absolute Gasteiger partial charge is 0.187 e. The predicted octanol–water partition coefficient (Wildman–Crippen LogP) is 2.57. The van der Waals surface area contributed by atoms with Crippen LogP contribution in [0.1, 0.15) is 28.8 Å². The normalized spacial score (nSPS) is 10.6. The lowest BCUT2D eigenvalue weighted by molar-refractivity contribution is 0.0986. The zero-order chi connectivity index (χ0) is 13.1. The van der Waals surface area contributed by atoms with Crippen LogP contribution in [0.25, 0.3) is 0 Å². The lowest BCUT2D eigenvalue weighted by atomic mass is 10.1. The first-order chi connectivity index (χ1) is 8.60. The van der Waals surface area contributed by atoms with Gasteiger partial charge in [0.2, 0.25) is 0 Å². The first kappa shape index (κ1) is 13.0. The molecular weight excluding hydrogens is 294 g/mol. The zero-order valence-electron chi connectivity index (χ0n) is 10.4. The highest BCUT2D eigenvalue weighted by molar-refractivity contribution is 9.10. The van der Waals surface area contributed by atoms with Gasteiger partial charge in [0.25, 0.3) is 0 Å². The van der Waals surface area contributed by atoms with Crippen molar-refractivity contribution in [3.05, 3.63) is 46.0 Å². The second kappa shape index (κ2) is 5.44. The molecule has 5 heteroatoms. The largest absolute Gasteiger partial charge is 0.292 e. The molecule has 0 radical (unpaired) electrons. The molecule has 2 aromatic rings. The van der Waals surface area contributed by atoms with E-state index in [1.165, 1.54) is 0 Å². The third-order valence-electron chi connectivity index (χ3n) is 2.74. The van der Waals surface area contributed by atoms with E-state index in [2.05, 4.69) is 26.0 Å². The fourth-order valence-corrected chi connectivity index (χ4v) is 1.94. The van der Waals surface area contributed by atoms with E-state index in [0.29, 0.717) is 12.1 Å².